The lowest BCUT2D eigenvalue weighted by Gasteiger charge is -2.35. The molecule has 0 radical (unpaired) electrons. The number of rotatable bonds is 4. The number of nitrogens with one attached hydrogen (secondary N) is 2. The molecule has 2 amide bonds. The van der Waals surface area contributed by atoms with E-state index in [1.165, 1.54) is 12.4 Å². The Labute approximate surface area is 140 Å². The molecular weight excluding hydrogens is 309 g/mol. The smallest absolute Gasteiger partial charge is 0.319 e. The molecule has 1 saturated heterocycles. The second-order valence-electron chi connectivity index (χ2n) is 5.75. The lowest BCUT2D eigenvalue weighted by molar-refractivity contribution is 0.250. The number of amides is 2. The predicted octanol–water partition coefficient (Wildman–Crippen LogP) is 2.80. The lowest BCUT2D eigenvalue weighted by Crippen LogP contribution is -2.48. The van der Waals surface area contributed by atoms with Crippen molar-refractivity contribution in [1.29, 1.82) is 0 Å². The zero-order valence-corrected chi connectivity index (χ0v) is 13.3. The van der Waals surface area contributed by atoms with E-state index in [4.69, 9.17) is 0 Å². The molecule has 0 spiro atoms. The molecule has 1 fully saturated rings. The summed E-state index contributed by atoms with van der Waals surface area (Å²) in [6.07, 6.45) is 5.40. The van der Waals surface area contributed by atoms with E-state index in [1.807, 2.05) is 35.2 Å². The molecule has 0 bridgehead atoms. The van der Waals surface area contributed by atoms with Crippen LogP contribution < -0.4 is 15.5 Å². The van der Waals surface area contributed by atoms with Crippen molar-refractivity contribution in [2.75, 3.05) is 23.3 Å². The number of anilines is 2. The van der Waals surface area contributed by atoms with Crippen LogP contribution in [0.1, 0.15) is 19.3 Å². The van der Waals surface area contributed by atoms with Gasteiger partial charge in [-0.15, -0.1) is 0 Å². The normalized spacial score (nSPS) is 17.4. The van der Waals surface area contributed by atoms with Crippen molar-refractivity contribution >= 4 is 17.7 Å². The molecule has 1 aromatic heterocycles. The number of aromatic nitrogens is 2. The largest absolute Gasteiger partial charge is 0.336 e. The third kappa shape index (κ3) is 4.18. The van der Waals surface area contributed by atoms with Crippen molar-refractivity contribution in [2.24, 2.45) is 0 Å². The summed E-state index contributed by atoms with van der Waals surface area (Å²) in [6, 6.07) is 9.15. The highest BCUT2D eigenvalue weighted by atomic mass is 19.1. The van der Waals surface area contributed by atoms with Gasteiger partial charge in [-0.1, -0.05) is 18.2 Å². The first-order chi connectivity index (χ1) is 11.7. The molecule has 2 N–H and O–H groups in total. The molecule has 6 nitrogen and oxygen atoms in total. The number of hydrogen-bond acceptors (Lipinski definition) is 4. The molecular formula is C17H20FN5O. The van der Waals surface area contributed by atoms with Crippen LogP contribution >= 0.6 is 0 Å². The van der Waals surface area contributed by atoms with Gasteiger partial charge in [-0.3, -0.25) is 0 Å². The topological polar surface area (TPSA) is 70.2 Å². The molecule has 2 aromatic rings. The van der Waals surface area contributed by atoms with Crippen LogP contribution in [0.25, 0.3) is 0 Å². The van der Waals surface area contributed by atoms with E-state index in [0.29, 0.717) is 12.5 Å². The van der Waals surface area contributed by atoms with Gasteiger partial charge in [-0.05, 0) is 31.4 Å². The third-order valence-corrected chi connectivity index (χ3v) is 4.02. The summed E-state index contributed by atoms with van der Waals surface area (Å²) in [5, 5.41) is 5.68. The van der Waals surface area contributed by atoms with Crippen molar-refractivity contribution in [3.8, 4) is 0 Å². The minimum absolute atomic E-state index is 0.103. The number of carbonyl (C=O) groups is 1. The molecule has 1 aliphatic heterocycles. The van der Waals surface area contributed by atoms with Crippen molar-refractivity contribution in [2.45, 2.75) is 25.3 Å². The predicted molar refractivity (Wildman–Crippen MR) is 90.4 cm³/mol. The first-order valence-electron chi connectivity index (χ1n) is 8.06. The van der Waals surface area contributed by atoms with E-state index < -0.39 is 5.82 Å². The van der Waals surface area contributed by atoms with E-state index in [9.17, 15) is 9.18 Å². The quantitative estimate of drug-likeness (QED) is 0.905. The van der Waals surface area contributed by atoms with E-state index in [2.05, 4.69) is 20.6 Å². The van der Waals surface area contributed by atoms with E-state index in [0.717, 1.165) is 31.5 Å². The van der Waals surface area contributed by atoms with Crippen LogP contribution in [0, 0.1) is 5.82 Å². The van der Waals surface area contributed by atoms with Gasteiger partial charge in [0, 0.05) is 24.8 Å². The van der Waals surface area contributed by atoms with Gasteiger partial charge in [-0.2, -0.15) is 0 Å². The number of piperidine rings is 1. The maximum Gasteiger partial charge on any atom is 0.319 e. The summed E-state index contributed by atoms with van der Waals surface area (Å²) in [4.78, 5) is 22.2. The number of urea groups is 1. The highest BCUT2D eigenvalue weighted by Crippen LogP contribution is 2.21. The molecule has 0 aliphatic carbocycles. The van der Waals surface area contributed by atoms with Gasteiger partial charge in [0.2, 0.25) is 5.95 Å². The lowest BCUT2D eigenvalue weighted by atomic mass is 10.0. The Morgan fingerprint density at radius 1 is 1.21 bits per heavy atom. The van der Waals surface area contributed by atoms with Gasteiger partial charge in [-0.25, -0.2) is 19.2 Å². The average molecular weight is 329 g/mol. The van der Waals surface area contributed by atoms with Gasteiger partial charge in [0.25, 0.3) is 0 Å². The second kappa shape index (κ2) is 7.72. The zero-order chi connectivity index (χ0) is 16.8. The summed E-state index contributed by atoms with van der Waals surface area (Å²) in [6.45, 7) is 1.29. The molecule has 7 heteroatoms. The Morgan fingerprint density at radius 3 is 2.71 bits per heavy atom. The van der Waals surface area contributed by atoms with Crippen LogP contribution in [0.2, 0.25) is 0 Å². The molecule has 1 unspecified atom stereocenters. The maximum atomic E-state index is 13.0. The molecule has 24 heavy (non-hydrogen) atoms. The Hall–Kier alpha value is -2.70. The molecule has 2 heterocycles. The first-order valence-corrected chi connectivity index (χ1v) is 8.06. The number of nitrogens with zero attached hydrogens (tertiary/aromatic N) is 3. The monoisotopic (exact) mass is 329 g/mol. The summed E-state index contributed by atoms with van der Waals surface area (Å²) < 4.78 is 13.0. The van der Waals surface area contributed by atoms with Crippen molar-refractivity contribution in [3.63, 3.8) is 0 Å². The summed E-state index contributed by atoms with van der Waals surface area (Å²) >= 11 is 0. The molecule has 1 aromatic carbocycles. The number of para-hydroxylation sites is 1. The van der Waals surface area contributed by atoms with Crippen LogP contribution in [-0.2, 0) is 0 Å². The summed E-state index contributed by atoms with van der Waals surface area (Å²) in [7, 11) is 0. The molecule has 1 atom stereocenters. The summed E-state index contributed by atoms with van der Waals surface area (Å²) in [5.41, 5.74) is 0.748. The van der Waals surface area contributed by atoms with Crippen molar-refractivity contribution in [3.05, 3.63) is 48.5 Å². The van der Waals surface area contributed by atoms with Crippen LogP contribution in [0.3, 0.4) is 0 Å². The Kier molecular flexibility index (Phi) is 5.20. The van der Waals surface area contributed by atoms with Crippen LogP contribution in [0.15, 0.2) is 42.7 Å². The minimum Gasteiger partial charge on any atom is -0.336 e. The standard InChI is InChI=1S/C17H20FN5O/c18-13-10-19-16(20-11-13)23-9-5-4-8-15(23)12-21-17(24)22-14-6-2-1-3-7-14/h1-3,6-7,10-11,15H,4-5,8-9,12H2,(H2,21,22,24). The van der Waals surface area contributed by atoms with Crippen LogP contribution in [0.5, 0.6) is 0 Å². The SMILES string of the molecule is O=C(NCC1CCCCN1c1ncc(F)cn1)Nc1ccccc1. The van der Waals surface area contributed by atoms with Gasteiger partial charge in [0.05, 0.1) is 12.4 Å². The van der Waals surface area contributed by atoms with E-state index in [1.54, 1.807) is 0 Å². The molecule has 126 valence electrons. The van der Waals surface area contributed by atoms with Gasteiger partial charge in [0.15, 0.2) is 5.82 Å². The third-order valence-electron chi connectivity index (χ3n) is 4.02. The minimum atomic E-state index is -0.451. The maximum absolute atomic E-state index is 13.0. The number of halogens is 1. The fraction of sp³-hybridized carbons (Fsp3) is 0.353. The van der Waals surface area contributed by atoms with E-state index >= 15 is 0 Å². The Bertz CT molecular complexity index is 664. The number of hydrogen-bond donors (Lipinski definition) is 2. The highest BCUT2D eigenvalue weighted by Gasteiger charge is 2.25. The van der Waals surface area contributed by atoms with Crippen LogP contribution in [0.4, 0.5) is 20.8 Å². The second-order valence-corrected chi connectivity index (χ2v) is 5.75. The number of benzene rings is 1. The Balaban J connectivity index is 1.57. The van der Waals surface area contributed by atoms with Gasteiger partial charge in [0.1, 0.15) is 0 Å². The first kappa shape index (κ1) is 16.2. The Morgan fingerprint density at radius 2 is 1.96 bits per heavy atom. The highest BCUT2D eigenvalue weighted by molar-refractivity contribution is 5.89. The fourth-order valence-electron chi connectivity index (χ4n) is 2.84. The van der Waals surface area contributed by atoms with Gasteiger partial charge < -0.3 is 15.5 Å². The molecule has 1 aliphatic rings. The summed E-state index contributed by atoms with van der Waals surface area (Å²) in [5.74, 6) is 0.0547. The molecule has 0 saturated carbocycles. The fourth-order valence-corrected chi connectivity index (χ4v) is 2.84. The average Bonchev–Trinajstić information content (AvgIpc) is 2.62. The van der Waals surface area contributed by atoms with E-state index in [-0.39, 0.29) is 12.1 Å². The number of carbonyl (C=O) groups excluding carboxylic acids is 1. The van der Waals surface area contributed by atoms with Crippen molar-refractivity contribution < 1.29 is 9.18 Å². The zero-order valence-electron chi connectivity index (χ0n) is 13.3. The van der Waals surface area contributed by atoms with Crippen molar-refractivity contribution in [1.82, 2.24) is 15.3 Å². The van der Waals surface area contributed by atoms with Crippen LogP contribution in [-0.4, -0.2) is 35.1 Å². The molecule has 3 rings (SSSR count). The van der Waals surface area contributed by atoms with Gasteiger partial charge >= 0.3 is 6.03 Å².